The van der Waals surface area contributed by atoms with Crippen LogP contribution >= 0.6 is 11.6 Å². The fraction of sp³-hybridized carbons (Fsp3) is 1.00. The van der Waals surface area contributed by atoms with E-state index in [0.29, 0.717) is 0 Å². The molecule has 1 unspecified atom stereocenters. The number of hydrogen-bond donors (Lipinski definition) is 1. The predicted octanol–water partition coefficient (Wildman–Crippen LogP) is 1.47. The zero-order valence-corrected chi connectivity index (χ0v) is 9.15. The summed E-state index contributed by atoms with van der Waals surface area (Å²) in [6.07, 6.45) is 0. The Hall–Kier alpha value is 0.160. The van der Waals surface area contributed by atoms with Gasteiger partial charge >= 0.3 is 10.3 Å². The summed E-state index contributed by atoms with van der Waals surface area (Å²) in [5.74, 6) is 0. The van der Waals surface area contributed by atoms with Gasteiger partial charge in [0.25, 0.3) is 0 Å². The highest BCUT2D eigenvalue weighted by Crippen LogP contribution is 2.22. The van der Waals surface area contributed by atoms with Crippen LogP contribution in [0.1, 0.15) is 27.7 Å². The molecular formula is C6H14ClNO3S. The van der Waals surface area contributed by atoms with Crippen molar-refractivity contribution < 1.29 is 13.0 Å². The molecule has 0 amide bonds. The van der Waals surface area contributed by atoms with Crippen LogP contribution in [0.2, 0.25) is 0 Å². The molecule has 0 aromatic heterocycles. The second kappa shape index (κ2) is 3.49. The van der Waals surface area contributed by atoms with Crippen molar-refractivity contribution in [2.24, 2.45) is 0 Å². The van der Waals surface area contributed by atoms with Gasteiger partial charge in [0, 0.05) is 5.54 Å². The van der Waals surface area contributed by atoms with Crippen molar-refractivity contribution in [1.29, 1.82) is 0 Å². The fourth-order valence-electron chi connectivity index (χ4n) is 1.06. The Kier molecular flexibility index (Phi) is 3.54. The van der Waals surface area contributed by atoms with E-state index in [9.17, 15) is 8.42 Å². The first-order valence-corrected chi connectivity index (χ1v) is 5.31. The van der Waals surface area contributed by atoms with E-state index < -0.39 is 21.3 Å². The van der Waals surface area contributed by atoms with Crippen molar-refractivity contribution in [1.82, 2.24) is 4.31 Å². The number of nitrogens with zero attached hydrogens (tertiary/aromatic N) is 1. The maximum absolute atomic E-state index is 10.8. The van der Waals surface area contributed by atoms with Crippen molar-refractivity contribution in [2.75, 3.05) is 0 Å². The van der Waals surface area contributed by atoms with Gasteiger partial charge in [-0.15, -0.1) is 11.6 Å². The summed E-state index contributed by atoms with van der Waals surface area (Å²) in [5, 5.41) is 0. The van der Waals surface area contributed by atoms with Crippen LogP contribution in [-0.2, 0) is 10.3 Å². The standard InChI is InChI=1S/C6H14ClNO3S/c1-5(7)8(6(2,3)4)12(9,10)11/h5H,1-4H3,(H,9,10,11). The molecule has 4 nitrogen and oxygen atoms in total. The van der Waals surface area contributed by atoms with Crippen molar-refractivity contribution in [3.63, 3.8) is 0 Å². The molecule has 0 fully saturated rings. The van der Waals surface area contributed by atoms with Crippen LogP contribution in [0.5, 0.6) is 0 Å². The molecule has 0 heterocycles. The lowest BCUT2D eigenvalue weighted by Crippen LogP contribution is -2.48. The molecule has 12 heavy (non-hydrogen) atoms. The highest BCUT2D eigenvalue weighted by Gasteiger charge is 2.34. The maximum atomic E-state index is 10.8. The second-order valence-electron chi connectivity index (χ2n) is 3.52. The largest absolute Gasteiger partial charge is 0.337 e. The van der Waals surface area contributed by atoms with Crippen LogP contribution in [0.4, 0.5) is 0 Å². The normalized spacial score (nSPS) is 16.6. The summed E-state index contributed by atoms with van der Waals surface area (Å²) in [6, 6.07) is 0. The molecule has 0 aromatic rings. The van der Waals surface area contributed by atoms with E-state index in [1.807, 2.05) is 0 Å². The Balaban J connectivity index is 4.97. The summed E-state index contributed by atoms with van der Waals surface area (Å²) in [4.78, 5) is 0. The molecule has 0 aliphatic rings. The van der Waals surface area contributed by atoms with Gasteiger partial charge in [-0.3, -0.25) is 4.55 Å². The third kappa shape index (κ3) is 3.26. The van der Waals surface area contributed by atoms with E-state index in [1.165, 1.54) is 6.92 Å². The number of hydrogen-bond acceptors (Lipinski definition) is 2. The van der Waals surface area contributed by atoms with Gasteiger partial charge in [0.15, 0.2) is 0 Å². The minimum absolute atomic E-state index is 0.714. The molecule has 0 aliphatic heterocycles. The lowest BCUT2D eigenvalue weighted by atomic mass is 10.1. The topological polar surface area (TPSA) is 57.6 Å². The van der Waals surface area contributed by atoms with Gasteiger partial charge in [-0.1, -0.05) is 0 Å². The van der Waals surface area contributed by atoms with Crippen molar-refractivity contribution in [3.05, 3.63) is 0 Å². The van der Waals surface area contributed by atoms with Gasteiger partial charge < -0.3 is 0 Å². The summed E-state index contributed by atoms with van der Waals surface area (Å²) in [7, 11) is -4.22. The highest BCUT2D eigenvalue weighted by molar-refractivity contribution is 7.83. The minimum Gasteiger partial charge on any atom is -0.273 e. The molecule has 74 valence electrons. The zero-order valence-electron chi connectivity index (χ0n) is 7.57. The van der Waals surface area contributed by atoms with Gasteiger partial charge in [-0.25, -0.2) is 0 Å². The van der Waals surface area contributed by atoms with E-state index in [4.69, 9.17) is 16.2 Å². The molecule has 0 spiro atoms. The summed E-state index contributed by atoms with van der Waals surface area (Å²) in [6.45, 7) is 6.44. The number of halogens is 1. The quantitative estimate of drug-likeness (QED) is 0.431. The molecule has 0 rings (SSSR count). The van der Waals surface area contributed by atoms with E-state index in [0.717, 1.165) is 4.31 Å². The maximum Gasteiger partial charge on any atom is 0.337 e. The lowest BCUT2D eigenvalue weighted by molar-refractivity contribution is 0.217. The first kappa shape index (κ1) is 12.2. The average molecular weight is 216 g/mol. The Morgan fingerprint density at radius 3 is 1.75 bits per heavy atom. The molecule has 0 aromatic carbocycles. The zero-order chi connectivity index (χ0) is 10.2. The van der Waals surface area contributed by atoms with E-state index in [1.54, 1.807) is 20.8 Å². The summed E-state index contributed by atoms with van der Waals surface area (Å²) >= 11 is 5.60. The van der Waals surface area contributed by atoms with Crippen molar-refractivity contribution in [2.45, 2.75) is 38.7 Å². The first-order chi connectivity index (χ1) is 5.07. The monoisotopic (exact) mass is 215 g/mol. The molecular weight excluding hydrogens is 202 g/mol. The molecule has 0 saturated carbocycles. The van der Waals surface area contributed by atoms with Crippen LogP contribution in [-0.4, -0.2) is 28.3 Å². The molecule has 0 saturated heterocycles. The predicted molar refractivity (Wildman–Crippen MR) is 48.5 cm³/mol. The van der Waals surface area contributed by atoms with Gasteiger partial charge in [0.2, 0.25) is 0 Å². The molecule has 0 bridgehead atoms. The molecule has 1 N–H and O–H groups in total. The number of rotatable bonds is 2. The third-order valence-electron chi connectivity index (χ3n) is 1.23. The third-order valence-corrected chi connectivity index (χ3v) is 2.90. The SMILES string of the molecule is CC(Cl)N(C(C)(C)C)S(=O)(=O)O. The lowest BCUT2D eigenvalue weighted by Gasteiger charge is -2.33. The van der Waals surface area contributed by atoms with Gasteiger partial charge in [0.1, 0.15) is 0 Å². The van der Waals surface area contributed by atoms with Crippen LogP contribution in [0.25, 0.3) is 0 Å². The Morgan fingerprint density at radius 2 is 1.75 bits per heavy atom. The smallest absolute Gasteiger partial charge is 0.273 e. The van der Waals surface area contributed by atoms with Crippen LogP contribution in [0.3, 0.4) is 0 Å². The minimum atomic E-state index is -4.22. The van der Waals surface area contributed by atoms with Crippen molar-refractivity contribution in [3.8, 4) is 0 Å². The Labute approximate surface area is 78.4 Å². The Bertz CT molecular complexity index is 242. The second-order valence-corrected chi connectivity index (χ2v) is 5.44. The summed E-state index contributed by atoms with van der Waals surface area (Å²) < 4.78 is 31.3. The molecule has 6 heteroatoms. The van der Waals surface area contributed by atoms with E-state index in [2.05, 4.69) is 0 Å². The van der Waals surface area contributed by atoms with Gasteiger partial charge in [0.05, 0.1) is 5.50 Å². The van der Waals surface area contributed by atoms with Gasteiger partial charge in [-0.2, -0.15) is 12.7 Å². The first-order valence-electron chi connectivity index (χ1n) is 3.48. The Morgan fingerprint density at radius 1 is 1.42 bits per heavy atom. The molecule has 0 radical (unpaired) electrons. The highest BCUT2D eigenvalue weighted by atomic mass is 35.5. The summed E-state index contributed by atoms with van der Waals surface area (Å²) in [5.41, 5.74) is -1.48. The van der Waals surface area contributed by atoms with Gasteiger partial charge in [-0.05, 0) is 27.7 Å². The van der Waals surface area contributed by atoms with E-state index in [-0.39, 0.29) is 0 Å². The van der Waals surface area contributed by atoms with Crippen molar-refractivity contribution >= 4 is 21.9 Å². The van der Waals surface area contributed by atoms with Crippen LogP contribution < -0.4 is 0 Å². The van der Waals surface area contributed by atoms with E-state index >= 15 is 0 Å². The molecule has 0 aliphatic carbocycles. The van der Waals surface area contributed by atoms with Crippen LogP contribution in [0, 0.1) is 0 Å². The fourth-order valence-corrected chi connectivity index (χ4v) is 2.72. The number of alkyl halides is 1. The van der Waals surface area contributed by atoms with Crippen LogP contribution in [0.15, 0.2) is 0 Å². The molecule has 1 atom stereocenters. The average Bonchev–Trinajstić information content (AvgIpc) is 1.49.